The van der Waals surface area contributed by atoms with Crippen LogP contribution in [0, 0.1) is 6.92 Å². The van der Waals surface area contributed by atoms with Gasteiger partial charge in [0.05, 0.1) is 18.3 Å². The van der Waals surface area contributed by atoms with Gasteiger partial charge in [-0.05, 0) is 26.7 Å². The summed E-state index contributed by atoms with van der Waals surface area (Å²) in [6.07, 6.45) is 8.70. The minimum Gasteiger partial charge on any atom is -0.383 e. The van der Waals surface area contributed by atoms with E-state index in [1.165, 1.54) is 32.1 Å². The summed E-state index contributed by atoms with van der Waals surface area (Å²) in [7, 11) is 1.74. The van der Waals surface area contributed by atoms with E-state index < -0.39 is 0 Å². The number of imidazole rings is 1. The molecule has 1 unspecified atom stereocenters. The van der Waals surface area contributed by atoms with Crippen molar-refractivity contribution in [3.63, 3.8) is 0 Å². The monoisotopic (exact) mass is 251 g/mol. The molecule has 0 bridgehead atoms. The summed E-state index contributed by atoms with van der Waals surface area (Å²) in [5, 5.41) is 3.61. The Balaban J connectivity index is 2.06. The van der Waals surface area contributed by atoms with Crippen molar-refractivity contribution < 1.29 is 4.74 Å². The van der Waals surface area contributed by atoms with Crippen LogP contribution in [0.25, 0.3) is 0 Å². The van der Waals surface area contributed by atoms with Crippen molar-refractivity contribution >= 4 is 5.95 Å². The Labute approximate surface area is 110 Å². The average molecular weight is 251 g/mol. The van der Waals surface area contributed by atoms with Crippen LogP contribution in [0.5, 0.6) is 0 Å². The predicted molar refractivity (Wildman–Crippen MR) is 74.0 cm³/mol. The van der Waals surface area contributed by atoms with Crippen molar-refractivity contribution in [2.24, 2.45) is 0 Å². The van der Waals surface area contributed by atoms with E-state index in [9.17, 15) is 0 Å². The molecule has 1 N–H and O–H groups in total. The zero-order valence-electron chi connectivity index (χ0n) is 11.8. The zero-order valence-corrected chi connectivity index (χ0v) is 11.8. The number of aryl methyl sites for hydroxylation is 1. The van der Waals surface area contributed by atoms with Gasteiger partial charge in [-0.25, -0.2) is 4.98 Å². The van der Waals surface area contributed by atoms with Crippen LogP contribution in [-0.2, 0) is 4.74 Å². The van der Waals surface area contributed by atoms with Crippen LogP contribution >= 0.6 is 0 Å². The van der Waals surface area contributed by atoms with Crippen LogP contribution in [0.2, 0.25) is 0 Å². The van der Waals surface area contributed by atoms with E-state index in [1.54, 1.807) is 7.11 Å². The molecule has 102 valence electrons. The van der Waals surface area contributed by atoms with Gasteiger partial charge in [0.25, 0.3) is 0 Å². The Bertz CT molecular complexity index is 369. The van der Waals surface area contributed by atoms with E-state index in [1.807, 2.05) is 6.92 Å². The highest BCUT2D eigenvalue weighted by molar-refractivity contribution is 5.31. The van der Waals surface area contributed by atoms with Gasteiger partial charge in [0.15, 0.2) is 0 Å². The van der Waals surface area contributed by atoms with E-state index in [0.717, 1.165) is 18.2 Å². The first kappa shape index (κ1) is 13.4. The summed E-state index contributed by atoms with van der Waals surface area (Å²) in [5.41, 5.74) is 1.07. The number of anilines is 1. The fourth-order valence-corrected chi connectivity index (χ4v) is 2.71. The second-order valence-electron chi connectivity index (χ2n) is 5.40. The molecule has 2 rings (SSSR count). The second-order valence-corrected chi connectivity index (χ2v) is 5.40. The number of methoxy groups -OCH3 is 1. The highest BCUT2D eigenvalue weighted by atomic mass is 16.5. The molecule has 1 saturated carbocycles. The molecule has 1 fully saturated rings. The number of nitrogens with zero attached hydrogens (tertiary/aromatic N) is 2. The van der Waals surface area contributed by atoms with Crippen molar-refractivity contribution in [3.05, 3.63) is 11.9 Å². The fraction of sp³-hybridized carbons (Fsp3) is 0.786. The summed E-state index contributed by atoms with van der Waals surface area (Å²) in [5.74, 6) is 1.00. The standard InChI is InChI=1S/C14H25N3O/c1-11-9-17(12(2)10-18-3)14(15-11)16-13-7-5-4-6-8-13/h9,12-13H,4-8,10H2,1-3H3,(H,15,16). The largest absolute Gasteiger partial charge is 0.383 e. The molecule has 1 aromatic rings. The molecular weight excluding hydrogens is 226 g/mol. The number of hydrogen-bond donors (Lipinski definition) is 1. The van der Waals surface area contributed by atoms with Gasteiger partial charge in [0.2, 0.25) is 5.95 Å². The Morgan fingerprint density at radius 1 is 1.44 bits per heavy atom. The van der Waals surface area contributed by atoms with Crippen molar-refractivity contribution in [1.29, 1.82) is 0 Å². The Morgan fingerprint density at radius 2 is 2.17 bits per heavy atom. The summed E-state index contributed by atoms with van der Waals surface area (Å²) >= 11 is 0. The van der Waals surface area contributed by atoms with Crippen LogP contribution in [0.3, 0.4) is 0 Å². The molecular formula is C14H25N3O. The zero-order chi connectivity index (χ0) is 13.0. The number of ether oxygens (including phenoxy) is 1. The van der Waals surface area contributed by atoms with Gasteiger partial charge < -0.3 is 14.6 Å². The SMILES string of the molecule is COCC(C)n1cc(C)nc1NC1CCCCC1. The Kier molecular flexibility index (Phi) is 4.64. The van der Waals surface area contributed by atoms with Crippen LogP contribution in [0.1, 0.15) is 50.8 Å². The quantitative estimate of drug-likeness (QED) is 0.873. The lowest BCUT2D eigenvalue weighted by Crippen LogP contribution is -2.25. The second kappa shape index (κ2) is 6.23. The van der Waals surface area contributed by atoms with Crippen LogP contribution in [0.4, 0.5) is 5.95 Å². The van der Waals surface area contributed by atoms with Gasteiger partial charge in [-0.15, -0.1) is 0 Å². The van der Waals surface area contributed by atoms with E-state index >= 15 is 0 Å². The summed E-state index contributed by atoms with van der Waals surface area (Å²) in [6.45, 7) is 4.92. The Hall–Kier alpha value is -1.03. The molecule has 0 amide bonds. The highest BCUT2D eigenvalue weighted by Gasteiger charge is 2.17. The minimum atomic E-state index is 0.322. The van der Waals surface area contributed by atoms with Gasteiger partial charge in [0.1, 0.15) is 0 Å². The van der Waals surface area contributed by atoms with Crippen molar-refractivity contribution in [3.8, 4) is 0 Å². The third-order valence-electron chi connectivity index (χ3n) is 3.67. The topological polar surface area (TPSA) is 39.1 Å². The van der Waals surface area contributed by atoms with Gasteiger partial charge in [-0.2, -0.15) is 0 Å². The van der Waals surface area contributed by atoms with Crippen LogP contribution in [0.15, 0.2) is 6.20 Å². The maximum Gasteiger partial charge on any atom is 0.203 e. The fourth-order valence-electron chi connectivity index (χ4n) is 2.71. The molecule has 0 aliphatic heterocycles. The first-order valence-electron chi connectivity index (χ1n) is 7.01. The normalized spacial score (nSPS) is 18.8. The molecule has 0 saturated heterocycles. The summed E-state index contributed by atoms with van der Waals surface area (Å²) in [4.78, 5) is 4.60. The van der Waals surface area contributed by atoms with Gasteiger partial charge in [-0.3, -0.25) is 0 Å². The van der Waals surface area contributed by atoms with E-state index in [2.05, 4.69) is 28.0 Å². The molecule has 1 aliphatic rings. The summed E-state index contributed by atoms with van der Waals surface area (Å²) in [6, 6.07) is 0.913. The van der Waals surface area contributed by atoms with Gasteiger partial charge >= 0.3 is 0 Å². The third-order valence-corrected chi connectivity index (χ3v) is 3.67. The molecule has 18 heavy (non-hydrogen) atoms. The maximum absolute atomic E-state index is 5.24. The van der Waals surface area contributed by atoms with Crippen molar-refractivity contribution in [2.45, 2.75) is 58.0 Å². The van der Waals surface area contributed by atoms with Crippen molar-refractivity contribution in [2.75, 3.05) is 19.0 Å². The molecule has 1 aromatic heterocycles. The molecule has 1 heterocycles. The van der Waals surface area contributed by atoms with Crippen molar-refractivity contribution in [1.82, 2.24) is 9.55 Å². The molecule has 0 aromatic carbocycles. The molecule has 1 atom stereocenters. The maximum atomic E-state index is 5.24. The lowest BCUT2D eigenvalue weighted by Gasteiger charge is -2.25. The number of nitrogens with one attached hydrogen (secondary N) is 1. The van der Waals surface area contributed by atoms with E-state index in [4.69, 9.17) is 4.74 Å². The molecule has 0 spiro atoms. The van der Waals surface area contributed by atoms with Gasteiger partial charge in [0, 0.05) is 19.3 Å². The van der Waals surface area contributed by atoms with E-state index in [-0.39, 0.29) is 0 Å². The first-order valence-corrected chi connectivity index (χ1v) is 7.01. The number of aromatic nitrogens is 2. The first-order chi connectivity index (χ1) is 8.70. The Morgan fingerprint density at radius 3 is 2.83 bits per heavy atom. The van der Waals surface area contributed by atoms with Crippen LogP contribution < -0.4 is 5.32 Å². The molecule has 4 heteroatoms. The lowest BCUT2D eigenvalue weighted by molar-refractivity contribution is 0.163. The molecule has 1 aliphatic carbocycles. The molecule has 0 radical (unpaired) electrons. The number of hydrogen-bond acceptors (Lipinski definition) is 3. The molecule has 4 nitrogen and oxygen atoms in total. The number of rotatable bonds is 5. The summed E-state index contributed by atoms with van der Waals surface area (Å²) < 4.78 is 7.44. The predicted octanol–water partition coefficient (Wildman–Crippen LogP) is 3.14. The van der Waals surface area contributed by atoms with Crippen LogP contribution in [-0.4, -0.2) is 29.3 Å². The average Bonchev–Trinajstić information content (AvgIpc) is 2.72. The van der Waals surface area contributed by atoms with E-state index in [0.29, 0.717) is 12.1 Å². The lowest BCUT2D eigenvalue weighted by atomic mass is 9.96. The minimum absolute atomic E-state index is 0.322. The third kappa shape index (κ3) is 3.25. The van der Waals surface area contributed by atoms with Gasteiger partial charge in [-0.1, -0.05) is 19.3 Å². The highest BCUT2D eigenvalue weighted by Crippen LogP contribution is 2.23. The smallest absolute Gasteiger partial charge is 0.203 e.